The first-order valence-corrected chi connectivity index (χ1v) is 11.6. The van der Waals surface area contributed by atoms with Gasteiger partial charge in [0.05, 0.1) is 10.6 Å². The number of nitrogens with one attached hydrogen (secondary N) is 2. The normalized spacial score (nSPS) is 11.1. The van der Waals surface area contributed by atoms with Crippen molar-refractivity contribution in [1.29, 1.82) is 0 Å². The highest BCUT2D eigenvalue weighted by Gasteiger charge is 2.17. The van der Waals surface area contributed by atoms with Gasteiger partial charge in [-0.15, -0.1) is 11.8 Å². The van der Waals surface area contributed by atoms with Crippen LogP contribution in [0, 0.1) is 6.92 Å². The first-order chi connectivity index (χ1) is 13.9. The summed E-state index contributed by atoms with van der Waals surface area (Å²) in [4.78, 5) is 13.7. The molecule has 3 aromatic carbocycles. The molecular formula is C22H22N2O3S2. The van der Waals surface area contributed by atoms with Crippen LogP contribution in [0.1, 0.15) is 22.8 Å². The molecule has 0 radical (unpaired) electrons. The summed E-state index contributed by atoms with van der Waals surface area (Å²) in [6.07, 6.45) is 0. The van der Waals surface area contributed by atoms with E-state index in [1.54, 1.807) is 36.0 Å². The van der Waals surface area contributed by atoms with Crippen LogP contribution in [0.15, 0.2) is 82.6 Å². The molecule has 150 valence electrons. The number of amides is 1. The molecule has 0 spiro atoms. The minimum absolute atomic E-state index is 0.0296. The van der Waals surface area contributed by atoms with Crippen molar-refractivity contribution in [1.82, 2.24) is 0 Å². The zero-order chi connectivity index (χ0) is 20.9. The molecule has 7 heteroatoms. The van der Waals surface area contributed by atoms with Gasteiger partial charge in [-0.25, -0.2) is 8.42 Å². The highest BCUT2D eigenvalue weighted by molar-refractivity contribution is 7.99. The summed E-state index contributed by atoms with van der Waals surface area (Å²) in [5.41, 5.74) is 2.48. The van der Waals surface area contributed by atoms with Crippen LogP contribution >= 0.6 is 11.8 Å². The maximum atomic E-state index is 12.7. The maximum Gasteiger partial charge on any atom is 0.261 e. The minimum atomic E-state index is -3.81. The van der Waals surface area contributed by atoms with Crippen molar-refractivity contribution in [2.45, 2.75) is 23.6 Å². The third kappa shape index (κ3) is 5.40. The summed E-state index contributed by atoms with van der Waals surface area (Å²) < 4.78 is 28.0. The topological polar surface area (TPSA) is 75.3 Å². The van der Waals surface area contributed by atoms with Gasteiger partial charge in [-0.3, -0.25) is 9.52 Å². The fourth-order valence-electron chi connectivity index (χ4n) is 2.69. The molecular weight excluding hydrogens is 404 g/mol. The highest BCUT2D eigenvalue weighted by Crippen LogP contribution is 2.27. The third-order valence-electron chi connectivity index (χ3n) is 4.15. The molecule has 0 aliphatic heterocycles. The van der Waals surface area contributed by atoms with Crippen molar-refractivity contribution < 1.29 is 13.2 Å². The Morgan fingerprint density at radius 1 is 0.966 bits per heavy atom. The van der Waals surface area contributed by atoms with Crippen molar-refractivity contribution in [3.05, 3.63) is 83.9 Å². The molecule has 5 nitrogen and oxygen atoms in total. The number of thioether (sulfide) groups is 1. The molecule has 0 bridgehead atoms. The SMILES string of the molecule is CCSc1ccccc1NC(=O)c1cccc(S(=O)(=O)Nc2ccc(C)cc2)c1. The van der Waals surface area contributed by atoms with E-state index in [9.17, 15) is 13.2 Å². The van der Waals surface area contributed by atoms with Gasteiger partial charge in [0.25, 0.3) is 15.9 Å². The molecule has 0 fully saturated rings. The Kier molecular flexibility index (Phi) is 6.61. The molecule has 0 aromatic heterocycles. The Morgan fingerprint density at radius 3 is 2.41 bits per heavy atom. The number of carbonyl (C=O) groups excluding carboxylic acids is 1. The van der Waals surface area contributed by atoms with Crippen LogP contribution in [0.25, 0.3) is 0 Å². The second-order valence-electron chi connectivity index (χ2n) is 6.38. The average Bonchev–Trinajstić information content (AvgIpc) is 2.71. The molecule has 1 amide bonds. The number of anilines is 2. The number of sulfonamides is 1. The fraction of sp³-hybridized carbons (Fsp3) is 0.136. The van der Waals surface area contributed by atoms with Crippen molar-refractivity contribution in [2.75, 3.05) is 15.8 Å². The van der Waals surface area contributed by atoms with E-state index in [0.29, 0.717) is 11.4 Å². The molecule has 0 unspecified atom stereocenters. The van der Waals surface area contributed by atoms with E-state index < -0.39 is 10.0 Å². The molecule has 0 saturated heterocycles. The largest absolute Gasteiger partial charge is 0.321 e. The van der Waals surface area contributed by atoms with Gasteiger partial charge in [0.15, 0.2) is 0 Å². The zero-order valence-corrected chi connectivity index (χ0v) is 17.8. The molecule has 0 heterocycles. The van der Waals surface area contributed by atoms with Crippen LogP contribution in [0.3, 0.4) is 0 Å². The molecule has 29 heavy (non-hydrogen) atoms. The summed E-state index contributed by atoms with van der Waals surface area (Å²) in [5.74, 6) is 0.521. The number of aryl methyl sites for hydroxylation is 1. The Labute approximate surface area is 175 Å². The summed E-state index contributed by atoms with van der Waals surface area (Å²) in [7, 11) is -3.81. The second kappa shape index (κ2) is 9.15. The molecule has 0 atom stereocenters. The number of carbonyl (C=O) groups is 1. The standard InChI is InChI=1S/C22H22N2O3S2/c1-3-28-21-10-5-4-9-20(21)23-22(25)17-7-6-8-19(15-17)29(26,27)24-18-13-11-16(2)12-14-18/h4-15,24H,3H2,1-2H3,(H,23,25). The van der Waals surface area contributed by atoms with Crippen LogP contribution in [0.2, 0.25) is 0 Å². The summed E-state index contributed by atoms with van der Waals surface area (Å²) in [5, 5.41) is 2.87. The number of hydrogen-bond donors (Lipinski definition) is 2. The molecule has 2 N–H and O–H groups in total. The third-order valence-corrected chi connectivity index (χ3v) is 6.48. The monoisotopic (exact) mass is 426 g/mol. The van der Waals surface area contributed by atoms with Gasteiger partial charge in [0, 0.05) is 16.1 Å². The molecule has 0 saturated carbocycles. The molecule has 0 aliphatic rings. The lowest BCUT2D eigenvalue weighted by Gasteiger charge is -2.12. The van der Waals surface area contributed by atoms with Gasteiger partial charge in [-0.05, 0) is 55.1 Å². The number of rotatable bonds is 7. The summed E-state index contributed by atoms with van der Waals surface area (Å²) in [6.45, 7) is 3.97. The minimum Gasteiger partial charge on any atom is -0.321 e. The lowest BCUT2D eigenvalue weighted by atomic mass is 10.2. The van der Waals surface area contributed by atoms with E-state index in [-0.39, 0.29) is 16.4 Å². The first-order valence-electron chi connectivity index (χ1n) is 9.12. The number of para-hydroxylation sites is 1. The van der Waals surface area contributed by atoms with E-state index >= 15 is 0 Å². The Bertz CT molecular complexity index is 1110. The Balaban J connectivity index is 1.81. The van der Waals surface area contributed by atoms with Crippen molar-refractivity contribution in [2.24, 2.45) is 0 Å². The zero-order valence-electron chi connectivity index (χ0n) is 16.2. The van der Waals surface area contributed by atoms with Gasteiger partial charge >= 0.3 is 0 Å². The first kappa shape index (κ1) is 21.0. The molecule has 3 aromatic rings. The van der Waals surface area contributed by atoms with E-state index in [4.69, 9.17) is 0 Å². The second-order valence-corrected chi connectivity index (χ2v) is 9.37. The molecule has 3 rings (SSSR count). The van der Waals surface area contributed by atoms with Gasteiger partial charge in [0.1, 0.15) is 0 Å². The highest BCUT2D eigenvalue weighted by atomic mass is 32.2. The van der Waals surface area contributed by atoms with Gasteiger partial charge in [-0.2, -0.15) is 0 Å². The van der Waals surface area contributed by atoms with Gasteiger partial charge < -0.3 is 5.32 Å². The van der Waals surface area contributed by atoms with E-state index in [2.05, 4.69) is 10.0 Å². The number of benzene rings is 3. The Hall–Kier alpha value is -2.77. The van der Waals surface area contributed by atoms with Gasteiger partial charge in [0.2, 0.25) is 0 Å². The van der Waals surface area contributed by atoms with Crippen LogP contribution in [-0.4, -0.2) is 20.1 Å². The molecule has 0 aliphatic carbocycles. The summed E-state index contributed by atoms with van der Waals surface area (Å²) in [6, 6.07) is 20.6. The van der Waals surface area contributed by atoms with Crippen LogP contribution in [0.4, 0.5) is 11.4 Å². The van der Waals surface area contributed by atoms with Crippen LogP contribution in [0.5, 0.6) is 0 Å². The summed E-state index contributed by atoms with van der Waals surface area (Å²) >= 11 is 1.63. The van der Waals surface area contributed by atoms with Crippen molar-refractivity contribution in [3.63, 3.8) is 0 Å². The van der Waals surface area contributed by atoms with Crippen molar-refractivity contribution in [3.8, 4) is 0 Å². The smallest absolute Gasteiger partial charge is 0.261 e. The van der Waals surface area contributed by atoms with Crippen LogP contribution in [-0.2, 0) is 10.0 Å². The lowest BCUT2D eigenvalue weighted by Crippen LogP contribution is -2.16. The van der Waals surface area contributed by atoms with Crippen LogP contribution < -0.4 is 10.0 Å². The predicted molar refractivity (Wildman–Crippen MR) is 119 cm³/mol. The Morgan fingerprint density at radius 2 is 1.69 bits per heavy atom. The van der Waals surface area contributed by atoms with Crippen molar-refractivity contribution >= 4 is 39.1 Å². The van der Waals surface area contributed by atoms with E-state index in [1.165, 1.54) is 12.1 Å². The number of hydrogen-bond acceptors (Lipinski definition) is 4. The van der Waals surface area contributed by atoms with Gasteiger partial charge in [-0.1, -0.05) is 42.8 Å². The maximum absolute atomic E-state index is 12.7. The van der Waals surface area contributed by atoms with E-state index in [1.807, 2.05) is 50.2 Å². The lowest BCUT2D eigenvalue weighted by molar-refractivity contribution is 0.102. The predicted octanol–water partition coefficient (Wildman–Crippen LogP) is 5.16. The quantitative estimate of drug-likeness (QED) is 0.512. The van der Waals surface area contributed by atoms with E-state index in [0.717, 1.165) is 16.2 Å². The average molecular weight is 427 g/mol. The fourth-order valence-corrected chi connectivity index (χ4v) is 4.55.